The summed E-state index contributed by atoms with van der Waals surface area (Å²) < 4.78 is 0. The fraction of sp³-hybridized carbons (Fsp3) is 0.333. The van der Waals surface area contributed by atoms with Gasteiger partial charge in [-0.1, -0.05) is 6.07 Å². The summed E-state index contributed by atoms with van der Waals surface area (Å²) in [6.45, 7) is 1.92. The van der Waals surface area contributed by atoms with Crippen molar-refractivity contribution < 1.29 is 4.79 Å². The van der Waals surface area contributed by atoms with E-state index in [4.69, 9.17) is 0 Å². The Morgan fingerprint density at radius 3 is 3.05 bits per heavy atom. The second-order valence-corrected chi connectivity index (χ2v) is 5.98. The van der Waals surface area contributed by atoms with Crippen molar-refractivity contribution in [2.45, 2.75) is 18.9 Å². The van der Waals surface area contributed by atoms with Crippen LogP contribution in [0, 0.1) is 0 Å². The fourth-order valence-electron chi connectivity index (χ4n) is 2.34. The minimum Gasteiger partial charge on any atom is -0.347 e. The van der Waals surface area contributed by atoms with Crippen molar-refractivity contribution in [1.29, 1.82) is 0 Å². The van der Waals surface area contributed by atoms with Gasteiger partial charge in [-0.3, -0.25) is 9.78 Å². The number of carbonyl (C=O) groups is 1. The summed E-state index contributed by atoms with van der Waals surface area (Å²) in [7, 11) is 0. The normalized spacial score (nSPS) is 18.7. The molecule has 5 heteroatoms. The van der Waals surface area contributed by atoms with E-state index in [-0.39, 0.29) is 11.9 Å². The quantitative estimate of drug-likeness (QED) is 0.910. The number of hydrogen-bond acceptors (Lipinski definition) is 4. The van der Waals surface area contributed by atoms with Crippen LogP contribution in [-0.4, -0.2) is 30.0 Å². The number of carbonyl (C=O) groups excluding carboxylic acids is 1. The van der Waals surface area contributed by atoms with E-state index in [2.05, 4.69) is 15.6 Å². The smallest absolute Gasteiger partial charge is 0.261 e. The minimum atomic E-state index is 0.0193. The van der Waals surface area contributed by atoms with Crippen LogP contribution >= 0.6 is 11.3 Å². The lowest BCUT2D eigenvalue weighted by Crippen LogP contribution is -2.45. The van der Waals surface area contributed by atoms with Gasteiger partial charge in [-0.2, -0.15) is 0 Å². The van der Waals surface area contributed by atoms with E-state index >= 15 is 0 Å². The molecule has 0 saturated carbocycles. The van der Waals surface area contributed by atoms with Gasteiger partial charge in [0.15, 0.2) is 0 Å². The summed E-state index contributed by atoms with van der Waals surface area (Å²) in [6.07, 6.45) is 3.94. The molecule has 2 N–H and O–H groups in total. The molecule has 0 bridgehead atoms. The van der Waals surface area contributed by atoms with Crippen LogP contribution in [0.3, 0.4) is 0 Å². The van der Waals surface area contributed by atoms with Crippen molar-refractivity contribution in [3.63, 3.8) is 0 Å². The van der Waals surface area contributed by atoms with Crippen molar-refractivity contribution in [1.82, 2.24) is 15.6 Å². The van der Waals surface area contributed by atoms with Gasteiger partial charge in [0, 0.05) is 18.8 Å². The largest absolute Gasteiger partial charge is 0.347 e. The predicted octanol–water partition coefficient (Wildman–Crippen LogP) is 2.29. The van der Waals surface area contributed by atoms with Gasteiger partial charge in [0.25, 0.3) is 5.91 Å². The molecule has 1 aliphatic heterocycles. The highest BCUT2D eigenvalue weighted by Crippen LogP contribution is 2.26. The molecule has 104 valence electrons. The van der Waals surface area contributed by atoms with Crippen LogP contribution < -0.4 is 10.6 Å². The van der Waals surface area contributed by atoms with Crippen molar-refractivity contribution in [3.8, 4) is 10.6 Å². The minimum absolute atomic E-state index is 0.0193. The first-order valence-electron chi connectivity index (χ1n) is 6.86. The lowest BCUT2D eigenvalue weighted by Gasteiger charge is -2.23. The number of amides is 1. The molecule has 0 aromatic carbocycles. The van der Waals surface area contributed by atoms with E-state index in [0.717, 1.165) is 41.4 Å². The van der Waals surface area contributed by atoms with Crippen LogP contribution in [0.1, 0.15) is 22.5 Å². The Labute approximate surface area is 122 Å². The highest BCUT2D eigenvalue weighted by molar-refractivity contribution is 7.17. The number of aromatic nitrogens is 1. The summed E-state index contributed by atoms with van der Waals surface area (Å²) in [5.74, 6) is 0.0193. The first-order chi connectivity index (χ1) is 9.83. The van der Waals surface area contributed by atoms with Gasteiger partial charge in [-0.15, -0.1) is 11.3 Å². The molecule has 20 heavy (non-hydrogen) atoms. The monoisotopic (exact) mass is 287 g/mol. The Balaban J connectivity index is 1.68. The molecule has 4 nitrogen and oxygen atoms in total. The molecule has 1 aliphatic rings. The summed E-state index contributed by atoms with van der Waals surface area (Å²) in [6, 6.07) is 9.88. The molecule has 3 rings (SSSR count). The van der Waals surface area contributed by atoms with Gasteiger partial charge in [-0.05, 0) is 43.7 Å². The molecule has 2 aromatic heterocycles. The van der Waals surface area contributed by atoms with Crippen molar-refractivity contribution in [2.75, 3.05) is 13.1 Å². The molecule has 1 fully saturated rings. The summed E-state index contributed by atoms with van der Waals surface area (Å²) in [5, 5.41) is 6.39. The number of piperidine rings is 1. The van der Waals surface area contributed by atoms with Gasteiger partial charge in [-0.25, -0.2) is 0 Å². The van der Waals surface area contributed by atoms with Crippen LogP contribution in [0.15, 0.2) is 36.5 Å². The molecule has 1 saturated heterocycles. The van der Waals surface area contributed by atoms with Crippen molar-refractivity contribution in [3.05, 3.63) is 41.4 Å². The molecule has 1 amide bonds. The van der Waals surface area contributed by atoms with Gasteiger partial charge in [0.1, 0.15) is 0 Å². The predicted molar refractivity (Wildman–Crippen MR) is 80.9 cm³/mol. The highest BCUT2D eigenvalue weighted by atomic mass is 32.1. The van der Waals surface area contributed by atoms with Crippen LogP contribution in [0.2, 0.25) is 0 Å². The summed E-state index contributed by atoms with van der Waals surface area (Å²) in [4.78, 5) is 18.3. The van der Waals surface area contributed by atoms with Gasteiger partial charge in [0.05, 0.1) is 15.4 Å². The third kappa shape index (κ3) is 3.05. The first kappa shape index (κ1) is 13.3. The third-order valence-electron chi connectivity index (χ3n) is 3.38. The number of nitrogens with one attached hydrogen (secondary N) is 2. The molecule has 0 radical (unpaired) electrons. The average Bonchev–Trinajstić information content (AvgIpc) is 2.99. The van der Waals surface area contributed by atoms with E-state index in [1.165, 1.54) is 11.3 Å². The topological polar surface area (TPSA) is 54.0 Å². The Kier molecular flexibility index (Phi) is 4.08. The zero-order chi connectivity index (χ0) is 13.8. The third-order valence-corrected chi connectivity index (χ3v) is 4.49. The van der Waals surface area contributed by atoms with Gasteiger partial charge in [0.2, 0.25) is 0 Å². The number of thiophene rings is 1. The maximum absolute atomic E-state index is 12.2. The highest BCUT2D eigenvalue weighted by Gasteiger charge is 2.17. The Hall–Kier alpha value is -1.72. The van der Waals surface area contributed by atoms with E-state index in [1.807, 2.05) is 30.3 Å². The molecule has 3 heterocycles. The second-order valence-electron chi connectivity index (χ2n) is 4.90. The molecule has 0 unspecified atom stereocenters. The van der Waals surface area contributed by atoms with Crippen LogP contribution in [0.25, 0.3) is 10.6 Å². The van der Waals surface area contributed by atoms with Crippen LogP contribution in [0.5, 0.6) is 0 Å². The molecule has 0 aliphatic carbocycles. The van der Waals surface area contributed by atoms with E-state index in [1.54, 1.807) is 6.20 Å². The number of hydrogen-bond donors (Lipinski definition) is 2. The van der Waals surface area contributed by atoms with Gasteiger partial charge < -0.3 is 10.6 Å². The van der Waals surface area contributed by atoms with Crippen molar-refractivity contribution >= 4 is 17.2 Å². The van der Waals surface area contributed by atoms with Crippen LogP contribution in [-0.2, 0) is 0 Å². The standard InChI is InChI=1S/C15H17N3OS/c19-15(18-11-4-3-8-16-10-11)14-7-6-13(20-14)12-5-1-2-9-17-12/h1-2,5-7,9,11,16H,3-4,8,10H2,(H,18,19)/t11-/m1/s1. The molecule has 0 spiro atoms. The zero-order valence-electron chi connectivity index (χ0n) is 11.1. The summed E-state index contributed by atoms with van der Waals surface area (Å²) in [5.41, 5.74) is 0.913. The first-order valence-corrected chi connectivity index (χ1v) is 7.67. The van der Waals surface area contributed by atoms with E-state index < -0.39 is 0 Å². The molecule has 1 atom stereocenters. The lowest BCUT2D eigenvalue weighted by molar-refractivity contribution is 0.0935. The Morgan fingerprint density at radius 1 is 1.35 bits per heavy atom. The SMILES string of the molecule is O=C(N[C@@H]1CCCNC1)c1ccc(-c2ccccn2)s1. The second kappa shape index (κ2) is 6.15. The number of pyridine rings is 1. The maximum atomic E-state index is 12.2. The molecular formula is C15H17N3OS. The molecular weight excluding hydrogens is 270 g/mol. The summed E-state index contributed by atoms with van der Waals surface area (Å²) >= 11 is 1.49. The average molecular weight is 287 g/mol. The fourth-order valence-corrected chi connectivity index (χ4v) is 3.22. The van der Waals surface area contributed by atoms with Crippen LogP contribution in [0.4, 0.5) is 0 Å². The van der Waals surface area contributed by atoms with E-state index in [9.17, 15) is 4.79 Å². The van der Waals surface area contributed by atoms with Crippen molar-refractivity contribution in [2.24, 2.45) is 0 Å². The van der Waals surface area contributed by atoms with Gasteiger partial charge >= 0.3 is 0 Å². The van der Waals surface area contributed by atoms with E-state index in [0.29, 0.717) is 0 Å². The maximum Gasteiger partial charge on any atom is 0.261 e. The number of rotatable bonds is 3. The molecule has 2 aromatic rings. The Morgan fingerprint density at radius 2 is 2.30 bits per heavy atom. The zero-order valence-corrected chi connectivity index (χ0v) is 12.0. The lowest BCUT2D eigenvalue weighted by atomic mass is 10.1. The Bertz CT molecular complexity index is 576. The number of nitrogens with zero attached hydrogens (tertiary/aromatic N) is 1.